The minimum absolute atomic E-state index is 0.00882. The van der Waals surface area contributed by atoms with Gasteiger partial charge in [0, 0.05) is 11.1 Å². The first-order chi connectivity index (χ1) is 14.1. The monoisotopic (exact) mass is 402 g/mol. The highest BCUT2D eigenvalue weighted by molar-refractivity contribution is 7.15. The highest BCUT2D eigenvalue weighted by Crippen LogP contribution is 2.31. The number of aromatic nitrogens is 5. The van der Waals surface area contributed by atoms with E-state index >= 15 is 0 Å². The van der Waals surface area contributed by atoms with Gasteiger partial charge in [-0.25, -0.2) is 15.0 Å². The maximum Gasteiger partial charge on any atom is 0.264 e. The Morgan fingerprint density at radius 1 is 1.17 bits per heavy atom. The molecule has 1 unspecified atom stereocenters. The number of nitrogens with one attached hydrogen (secondary N) is 2. The molecule has 1 aromatic carbocycles. The van der Waals surface area contributed by atoms with Crippen molar-refractivity contribution in [2.75, 3.05) is 5.32 Å². The molecule has 144 valence electrons. The van der Waals surface area contributed by atoms with Crippen molar-refractivity contribution < 1.29 is 0 Å². The summed E-state index contributed by atoms with van der Waals surface area (Å²) in [5.41, 5.74) is 4.79. The predicted octanol–water partition coefficient (Wildman–Crippen LogP) is 4.18. The molecule has 4 heterocycles. The number of rotatable bonds is 4. The zero-order valence-corrected chi connectivity index (χ0v) is 16.7. The first-order valence-corrected chi connectivity index (χ1v) is 10.1. The standard InChI is InChI=1S/C21H18N6OS/c1-12-9-29-16-8-15(17(21(28)27(12)16)14-6-4-3-5-7-14)13(2)26-20-18-19(23-10-22-18)24-11-25-20/h3-11,13H,1-2H3,(H2,22,23,24,25,26). The van der Waals surface area contributed by atoms with Crippen molar-refractivity contribution in [1.29, 1.82) is 0 Å². The summed E-state index contributed by atoms with van der Waals surface area (Å²) in [5.74, 6) is 0.654. The number of thiazole rings is 1. The van der Waals surface area contributed by atoms with E-state index in [2.05, 4.69) is 31.3 Å². The molecule has 0 fully saturated rings. The van der Waals surface area contributed by atoms with Crippen LogP contribution in [-0.2, 0) is 0 Å². The lowest BCUT2D eigenvalue weighted by Gasteiger charge is -2.19. The Bertz CT molecular complexity index is 1390. The number of imidazole rings is 1. The molecular weight excluding hydrogens is 384 g/mol. The lowest BCUT2D eigenvalue weighted by Crippen LogP contribution is -2.21. The van der Waals surface area contributed by atoms with Crippen LogP contribution < -0.4 is 10.9 Å². The summed E-state index contributed by atoms with van der Waals surface area (Å²) in [6, 6.07) is 11.7. The van der Waals surface area contributed by atoms with Gasteiger partial charge in [-0.1, -0.05) is 30.3 Å². The summed E-state index contributed by atoms with van der Waals surface area (Å²) in [5, 5.41) is 5.44. The van der Waals surface area contributed by atoms with E-state index in [4.69, 9.17) is 0 Å². The molecule has 0 spiro atoms. The fourth-order valence-corrected chi connectivity index (χ4v) is 4.54. The Morgan fingerprint density at radius 3 is 2.83 bits per heavy atom. The first-order valence-electron chi connectivity index (χ1n) is 9.23. The molecule has 5 aromatic rings. The molecule has 0 saturated heterocycles. The predicted molar refractivity (Wildman–Crippen MR) is 115 cm³/mol. The lowest BCUT2D eigenvalue weighted by molar-refractivity contribution is 0.869. The van der Waals surface area contributed by atoms with Crippen LogP contribution in [0, 0.1) is 6.92 Å². The van der Waals surface area contributed by atoms with Gasteiger partial charge in [-0.2, -0.15) is 0 Å². The van der Waals surface area contributed by atoms with Crippen LogP contribution in [0.4, 0.5) is 5.82 Å². The quantitative estimate of drug-likeness (QED) is 0.471. The summed E-state index contributed by atoms with van der Waals surface area (Å²) in [6.45, 7) is 3.99. The molecule has 0 bridgehead atoms. The van der Waals surface area contributed by atoms with Crippen LogP contribution in [0.2, 0.25) is 0 Å². The van der Waals surface area contributed by atoms with Crippen LogP contribution in [0.15, 0.2) is 59.2 Å². The average Bonchev–Trinajstić information content (AvgIpc) is 3.36. The van der Waals surface area contributed by atoms with Gasteiger partial charge in [0.25, 0.3) is 5.56 Å². The molecule has 29 heavy (non-hydrogen) atoms. The van der Waals surface area contributed by atoms with Gasteiger partial charge >= 0.3 is 0 Å². The number of fused-ring (bicyclic) bond motifs is 2. The maximum atomic E-state index is 13.5. The molecule has 0 aliphatic rings. The van der Waals surface area contributed by atoms with Crippen molar-refractivity contribution in [3.63, 3.8) is 0 Å². The van der Waals surface area contributed by atoms with Gasteiger partial charge in [0.05, 0.1) is 17.9 Å². The molecular formula is C21H18N6OS. The molecule has 0 saturated carbocycles. The molecule has 7 nitrogen and oxygen atoms in total. The molecule has 0 aliphatic heterocycles. The summed E-state index contributed by atoms with van der Waals surface area (Å²) in [7, 11) is 0. The van der Waals surface area contributed by atoms with Gasteiger partial charge in [0.15, 0.2) is 11.5 Å². The Labute approximate surface area is 170 Å². The fraction of sp³-hybridized carbons (Fsp3) is 0.143. The van der Waals surface area contributed by atoms with Gasteiger partial charge in [0.1, 0.15) is 16.7 Å². The maximum absolute atomic E-state index is 13.5. The lowest BCUT2D eigenvalue weighted by atomic mass is 9.97. The van der Waals surface area contributed by atoms with Crippen LogP contribution in [0.25, 0.3) is 27.1 Å². The molecule has 2 N–H and O–H groups in total. The van der Waals surface area contributed by atoms with Crippen LogP contribution in [0.3, 0.4) is 0 Å². The number of nitrogens with zero attached hydrogens (tertiary/aromatic N) is 4. The van der Waals surface area contributed by atoms with Crippen molar-refractivity contribution in [3.8, 4) is 11.1 Å². The Kier molecular flexibility index (Phi) is 4.13. The largest absolute Gasteiger partial charge is 0.362 e. The third kappa shape index (κ3) is 2.89. The topological polar surface area (TPSA) is 88.0 Å². The SMILES string of the molecule is Cc1csc2cc(C(C)Nc3ncnc4nc[nH]c34)c(-c3ccccc3)c(=O)n12. The minimum atomic E-state index is -0.160. The Morgan fingerprint density at radius 2 is 2.00 bits per heavy atom. The third-order valence-electron chi connectivity index (χ3n) is 5.01. The summed E-state index contributed by atoms with van der Waals surface area (Å²) in [4.78, 5) is 30.2. The van der Waals surface area contributed by atoms with Crippen LogP contribution >= 0.6 is 11.3 Å². The van der Waals surface area contributed by atoms with Crippen molar-refractivity contribution in [2.24, 2.45) is 0 Å². The van der Waals surface area contributed by atoms with E-state index < -0.39 is 0 Å². The van der Waals surface area contributed by atoms with Crippen molar-refractivity contribution in [3.05, 3.63) is 76.0 Å². The molecule has 1 atom stereocenters. The third-order valence-corrected chi connectivity index (χ3v) is 6.01. The second-order valence-corrected chi connectivity index (χ2v) is 7.78. The van der Waals surface area contributed by atoms with Crippen LogP contribution in [0.1, 0.15) is 24.2 Å². The summed E-state index contributed by atoms with van der Waals surface area (Å²) >= 11 is 1.57. The molecule has 0 aliphatic carbocycles. The zero-order chi connectivity index (χ0) is 20.0. The van der Waals surface area contributed by atoms with E-state index in [-0.39, 0.29) is 11.6 Å². The number of anilines is 1. The number of hydrogen-bond acceptors (Lipinski definition) is 6. The number of aryl methyl sites for hydroxylation is 1. The molecule has 8 heteroatoms. The number of aromatic amines is 1. The number of hydrogen-bond donors (Lipinski definition) is 2. The van der Waals surface area contributed by atoms with E-state index in [0.29, 0.717) is 17.0 Å². The molecule has 0 amide bonds. The van der Waals surface area contributed by atoms with Gasteiger partial charge in [-0.3, -0.25) is 9.20 Å². The highest BCUT2D eigenvalue weighted by atomic mass is 32.1. The fourth-order valence-electron chi connectivity index (χ4n) is 3.62. The normalized spacial score (nSPS) is 12.5. The number of pyridine rings is 1. The van der Waals surface area contributed by atoms with E-state index in [9.17, 15) is 4.79 Å². The summed E-state index contributed by atoms with van der Waals surface area (Å²) in [6.07, 6.45) is 3.08. The second-order valence-electron chi connectivity index (χ2n) is 6.89. The van der Waals surface area contributed by atoms with Crippen molar-refractivity contribution >= 4 is 33.1 Å². The van der Waals surface area contributed by atoms with E-state index in [1.807, 2.05) is 49.6 Å². The summed E-state index contributed by atoms with van der Waals surface area (Å²) < 4.78 is 1.78. The molecule has 5 rings (SSSR count). The second kappa shape index (κ2) is 6.82. The van der Waals surface area contributed by atoms with Crippen molar-refractivity contribution in [1.82, 2.24) is 24.3 Å². The Balaban J connectivity index is 1.69. The molecule has 4 aromatic heterocycles. The molecule has 0 radical (unpaired) electrons. The first kappa shape index (κ1) is 17.6. The van der Waals surface area contributed by atoms with Crippen LogP contribution in [0.5, 0.6) is 0 Å². The number of benzene rings is 1. The minimum Gasteiger partial charge on any atom is -0.362 e. The smallest absolute Gasteiger partial charge is 0.264 e. The Hall–Kier alpha value is -3.52. The van der Waals surface area contributed by atoms with Gasteiger partial charge in [-0.05, 0) is 31.0 Å². The van der Waals surface area contributed by atoms with E-state index in [0.717, 1.165) is 27.2 Å². The van der Waals surface area contributed by atoms with Gasteiger partial charge in [-0.15, -0.1) is 11.3 Å². The van der Waals surface area contributed by atoms with Gasteiger partial charge < -0.3 is 10.3 Å². The van der Waals surface area contributed by atoms with Crippen LogP contribution in [-0.4, -0.2) is 24.3 Å². The van der Waals surface area contributed by atoms with Crippen molar-refractivity contribution in [2.45, 2.75) is 19.9 Å². The van der Waals surface area contributed by atoms with Gasteiger partial charge in [0.2, 0.25) is 0 Å². The number of H-pyrrole nitrogens is 1. The van der Waals surface area contributed by atoms with E-state index in [1.54, 1.807) is 22.1 Å². The highest BCUT2D eigenvalue weighted by Gasteiger charge is 2.20. The average molecular weight is 402 g/mol. The zero-order valence-electron chi connectivity index (χ0n) is 15.9. The van der Waals surface area contributed by atoms with E-state index in [1.165, 1.54) is 6.33 Å².